The molecule has 1 N–H and O–H groups in total. The number of ketones is 1. The van der Waals surface area contributed by atoms with E-state index in [0.29, 0.717) is 11.3 Å². The average Bonchev–Trinajstić information content (AvgIpc) is 2.62. The van der Waals surface area contributed by atoms with Gasteiger partial charge in [0.2, 0.25) is 5.78 Å². The highest BCUT2D eigenvalue weighted by atomic mass is 16.7. The predicted molar refractivity (Wildman–Crippen MR) is 82.9 cm³/mol. The molecule has 0 fully saturated rings. The maximum absolute atomic E-state index is 12.5. The molecule has 1 heterocycles. The molecule has 0 amide bonds. The van der Waals surface area contributed by atoms with Crippen LogP contribution in [0.15, 0.2) is 35.3 Å². The Bertz CT molecular complexity index is 603. The predicted octanol–water partition coefficient (Wildman–Crippen LogP) is 2.72. The van der Waals surface area contributed by atoms with Crippen molar-refractivity contribution < 1.29 is 9.63 Å². The first-order chi connectivity index (χ1) is 9.71. The summed E-state index contributed by atoms with van der Waals surface area (Å²) < 4.78 is 0. The number of nitrogens with zero attached hydrogens (tertiary/aromatic N) is 2. The van der Waals surface area contributed by atoms with E-state index in [4.69, 9.17) is 10.2 Å². The second-order valence-electron chi connectivity index (χ2n) is 6.06. The molecule has 0 radical (unpaired) electrons. The number of aliphatic imine (C=N–C) groups is 1. The van der Waals surface area contributed by atoms with Crippen LogP contribution in [0.25, 0.3) is 0 Å². The van der Waals surface area contributed by atoms with E-state index in [2.05, 4.69) is 4.99 Å². The van der Waals surface area contributed by atoms with Gasteiger partial charge in [0, 0.05) is 5.56 Å². The molecule has 1 aromatic carbocycles. The Kier molecular flexibility index (Phi) is 3.82. The number of rotatable bonds is 4. The minimum atomic E-state index is -0.639. The summed E-state index contributed by atoms with van der Waals surface area (Å²) in [6, 6.07) is 8.82. The first-order valence-corrected chi connectivity index (χ1v) is 6.85. The number of carbonyl (C=O) groups excluding carboxylic acids is 1. The van der Waals surface area contributed by atoms with Crippen molar-refractivity contribution >= 4 is 17.2 Å². The van der Waals surface area contributed by atoms with Crippen LogP contribution in [-0.4, -0.2) is 40.6 Å². The minimum Gasteiger partial charge on any atom is -0.299 e. The Labute approximate surface area is 125 Å². The van der Waals surface area contributed by atoms with Crippen molar-refractivity contribution in [2.24, 2.45) is 4.99 Å². The summed E-state index contributed by atoms with van der Waals surface area (Å²) >= 11 is 0. The molecule has 0 bridgehead atoms. The second-order valence-corrected chi connectivity index (χ2v) is 6.06. The minimum absolute atomic E-state index is 0.0844. The van der Waals surface area contributed by atoms with Gasteiger partial charge in [-0.1, -0.05) is 30.3 Å². The number of hydrogen-bond acceptors (Lipinski definition) is 5. The lowest BCUT2D eigenvalue weighted by atomic mass is 9.91. The Hall–Kier alpha value is -1.85. The van der Waals surface area contributed by atoms with Crippen molar-refractivity contribution in [3.05, 3.63) is 35.9 Å². The van der Waals surface area contributed by atoms with Gasteiger partial charge in [0.05, 0.1) is 18.4 Å². The van der Waals surface area contributed by atoms with Crippen molar-refractivity contribution in [2.45, 2.75) is 38.9 Å². The van der Waals surface area contributed by atoms with E-state index in [-0.39, 0.29) is 11.5 Å². The zero-order valence-electron chi connectivity index (χ0n) is 13.1. The van der Waals surface area contributed by atoms with Crippen LogP contribution in [0.4, 0.5) is 0 Å². The molecule has 1 aromatic rings. The van der Waals surface area contributed by atoms with Gasteiger partial charge in [0.25, 0.3) is 0 Å². The Morgan fingerprint density at radius 2 is 1.76 bits per heavy atom. The summed E-state index contributed by atoms with van der Waals surface area (Å²) in [5.41, 5.74) is -0.395. The maximum Gasteiger partial charge on any atom is 0.212 e. The standard InChI is InChI=1S/C16H21N3O2/c1-15(2)14(18-16(3,4)19(15)21-5)12(17)13(20)11-9-7-6-8-10-11/h6-10,17H,1-5H3. The Morgan fingerprint density at radius 1 is 1.19 bits per heavy atom. The first kappa shape index (κ1) is 15.5. The van der Waals surface area contributed by atoms with Gasteiger partial charge >= 0.3 is 0 Å². The molecule has 0 atom stereocenters. The lowest BCUT2D eigenvalue weighted by Crippen LogP contribution is -2.53. The van der Waals surface area contributed by atoms with Crippen molar-refractivity contribution in [1.82, 2.24) is 5.06 Å². The highest BCUT2D eigenvalue weighted by molar-refractivity contribution is 6.70. The number of hydrogen-bond donors (Lipinski definition) is 1. The summed E-state index contributed by atoms with van der Waals surface area (Å²) in [5.74, 6) is -0.323. The van der Waals surface area contributed by atoms with Gasteiger partial charge in [0.1, 0.15) is 11.4 Å². The Morgan fingerprint density at radius 3 is 2.24 bits per heavy atom. The van der Waals surface area contributed by atoms with Crippen LogP contribution in [0, 0.1) is 5.41 Å². The summed E-state index contributed by atoms with van der Waals surface area (Å²) in [5, 5.41) is 9.97. The number of carbonyl (C=O) groups is 1. The van der Waals surface area contributed by atoms with Crippen LogP contribution in [0.2, 0.25) is 0 Å². The molecule has 0 spiro atoms. The smallest absolute Gasteiger partial charge is 0.212 e. The van der Waals surface area contributed by atoms with Crippen LogP contribution < -0.4 is 0 Å². The van der Waals surface area contributed by atoms with E-state index in [0.717, 1.165) is 0 Å². The molecule has 0 saturated carbocycles. The third-order valence-electron chi connectivity index (χ3n) is 3.65. The Balaban J connectivity index is 2.38. The molecule has 5 heteroatoms. The van der Waals surface area contributed by atoms with Gasteiger partial charge in [-0.25, -0.2) is 0 Å². The van der Waals surface area contributed by atoms with Crippen LogP contribution in [-0.2, 0) is 4.84 Å². The molecular weight excluding hydrogens is 266 g/mol. The zero-order valence-corrected chi connectivity index (χ0v) is 13.1. The van der Waals surface area contributed by atoms with E-state index in [1.807, 2.05) is 33.8 Å². The van der Waals surface area contributed by atoms with E-state index in [1.54, 1.807) is 36.4 Å². The maximum atomic E-state index is 12.5. The van der Waals surface area contributed by atoms with Gasteiger partial charge in [-0.3, -0.25) is 20.0 Å². The quantitative estimate of drug-likeness (QED) is 0.684. The van der Waals surface area contributed by atoms with Gasteiger partial charge in [-0.05, 0) is 27.7 Å². The SMILES string of the molecule is CON1C(C)(C)N=C(C(=N)C(=O)c2ccccc2)C1(C)C. The number of nitrogens with one attached hydrogen (secondary N) is 1. The van der Waals surface area contributed by atoms with Crippen LogP contribution in [0.1, 0.15) is 38.1 Å². The lowest BCUT2D eigenvalue weighted by Gasteiger charge is -2.36. The van der Waals surface area contributed by atoms with Gasteiger partial charge < -0.3 is 0 Å². The van der Waals surface area contributed by atoms with E-state index >= 15 is 0 Å². The van der Waals surface area contributed by atoms with Gasteiger partial charge in [-0.15, -0.1) is 0 Å². The zero-order chi connectivity index (χ0) is 15.8. The third kappa shape index (κ3) is 2.54. The van der Waals surface area contributed by atoms with Crippen molar-refractivity contribution in [3.63, 3.8) is 0 Å². The summed E-state index contributed by atoms with van der Waals surface area (Å²) in [6.45, 7) is 7.59. The molecule has 0 unspecified atom stereocenters. The molecule has 21 heavy (non-hydrogen) atoms. The van der Waals surface area contributed by atoms with Gasteiger partial charge in [0.15, 0.2) is 0 Å². The fourth-order valence-electron chi connectivity index (χ4n) is 2.89. The molecule has 2 rings (SSSR count). The van der Waals surface area contributed by atoms with E-state index in [9.17, 15) is 4.79 Å². The normalized spacial score (nSPS) is 20.1. The summed E-state index contributed by atoms with van der Waals surface area (Å²) in [6.07, 6.45) is 0. The molecule has 0 aliphatic carbocycles. The lowest BCUT2D eigenvalue weighted by molar-refractivity contribution is -0.215. The molecule has 0 saturated heterocycles. The molecular formula is C16H21N3O2. The molecule has 1 aliphatic heterocycles. The monoisotopic (exact) mass is 287 g/mol. The highest BCUT2D eigenvalue weighted by Crippen LogP contribution is 2.35. The average molecular weight is 287 g/mol. The molecule has 0 aromatic heterocycles. The molecule has 5 nitrogen and oxygen atoms in total. The molecule has 1 aliphatic rings. The number of benzene rings is 1. The van der Waals surface area contributed by atoms with Crippen molar-refractivity contribution in [3.8, 4) is 0 Å². The van der Waals surface area contributed by atoms with Crippen molar-refractivity contribution in [2.75, 3.05) is 7.11 Å². The molecule has 112 valence electrons. The fourth-order valence-corrected chi connectivity index (χ4v) is 2.89. The largest absolute Gasteiger partial charge is 0.299 e. The van der Waals surface area contributed by atoms with Crippen molar-refractivity contribution in [1.29, 1.82) is 5.41 Å². The van der Waals surface area contributed by atoms with Crippen LogP contribution >= 0.6 is 0 Å². The summed E-state index contributed by atoms with van der Waals surface area (Å²) in [4.78, 5) is 22.4. The number of Topliss-reactive ketones (excluding diaryl/α,β-unsaturated/α-hetero) is 1. The number of hydroxylamine groups is 2. The highest BCUT2D eigenvalue weighted by Gasteiger charge is 2.50. The van der Waals surface area contributed by atoms with E-state index < -0.39 is 11.2 Å². The third-order valence-corrected chi connectivity index (χ3v) is 3.65. The summed E-state index contributed by atoms with van der Waals surface area (Å²) in [7, 11) is 1.57. The van der Waals surface area contributed by atoms with E-state index in [1.165, 1.54) is 0 Å². The second kappa shape index (κ2) is 5.16. The van der Waals surface area contributed by atoms with Crippen LogP contribution in [0.5, 0.6) is 0 Å². The fraction of sp³-hybridized carbons (Fsp3) is 0.438. The van der Waals surface area contributed by atoms with Crippen LogP contribution in [0.3, 0.4) is 0 Å². The van der Waals surface area contributed by atoms with Gasteiger partial charge in [-0.2, -0.15) is 5.06 Å². The topological polar surface area (TPSA) is 65.8 Å². The first-order valence-electron chi connectivity index (χ1n) is 6.85.